The van der Waals surface area contributed by atoms with Crippen LogP contribution in [0.4, 0.5) is 13.2 Å². The molecule has 114 valence electrons. The Morgan fingerprint density at radius 3 is 2.64 bits per heavy atom. The Balaban J connectivity index is 2.38. The summed E-state index contributed by atoms with van der Waals surface area (Å²) in [6.45, 7) is 0. The van der Waals surface area contributed by atoms with Crippen molar-refractivity contribution in [2.75, 3.05) is 7.11 Å². The first-order valence-corrected chi connectivity index (χ1v) is 6.19. The minimum atomic E-state index is -4.75. The lowest BCUT2D eigenvalue weighted by molar-refractivity contribution is -0.274. The van der Waals surface area contributed by atoms with Crippen molar-refractivity contribution < 1.29 is 22.6 Å². The third kappa shape index (κ3) is 3.88. The van der Waals surface area contributed by atoms with Gasteiger partial charge in [-0.15, -0.1) is 13.2 Å². The van der Waals surface area contributed by atoms with Crippen LogP contribution in [0.5, 0.6) is 11.6 Å². The number of aromatic nitrogens is 1. The number of ether oxygens (including phenoxy) is 2. The molecule has 0 spiro atoms. The van der Waals surface area contributed by atoms with E-state index in [-0.39, 0.29) is 12.2 Å². The number of hydrogen-bond acceptors (Lipinski definition) is 4. The van der Waals surface area contributed by atoms with Crippen LogP contribution in [0.1, 0.15) is 5.56 Å². The zero-order valence-electron chi connectivity index (χ0n) is 11.5. The van der Waals surface area contributed by atoms with Crippen LogP contribution in [0.25, 0.3) is 11.1 Å². The Hall–Kier alpha value is -2.75. The van der Waals surface area contributed by atoms with Crippen LogP contribution in [-0.2, 0) is 6.42 Å². The molecule has 2 aromatic rings. The van der Waals surface area contributed by atoms with Gasteiger partial charge in [-0.1, -0.05) is 12.1 Å². The van der Waals surface area contributed by atoms with Crippen molar-refractivity contribution in [3.8, 4) is 28.8 Å². The van der Waals surface area contributed by atoms with Gasteiger partial charge in [0.25, 0.3) is 0 Å². The number of alkyl halides is 3. The maximum absolute atomic E-state index is 12.3. The summed E-state index contributed by atoms with van der Waals surface area (Å²) in [5.41, 5.74) is 1.62. The van der Waals surface area contributed by atoms with Gasteiger partial charge in [-0.25, -0.2) is 4.98 Å². The largest absolute Gasteiger partial charge is 0.573 e. The minimum absolute atomic E-state index is 0.0861. The molecule has 0 unspecified atom stereocenters. The summed E-state index contributed by atoms with van der Waals surface area (Å²) in [5, 5.41) is 8.79. The zero-order chi connectivity index (χ0) is 16.2. The lowest BCUT2D eigenvalue weighted by Crippen LogP contribution is -2.17. The first-order valence-electron chi connectivity index (χ1n) is 6.19. The van der Waals surface area contributed by atoms with Crippen LogP contribution >= 0.6 is 0 Å². The van der Waals surface area contributed by atoms with Gasteiger partial charge in [-0.3, -0.25) is 0 Å². The highest BCUT2D eigenvalue weighted by molar-refractivity contribution is 5.65. The Labute approximate surface area is 124 Å². The van der Waals surface area contributed by atoms with Crippen molar-refractivity contribution in [2.24, 2.45) is 0 Å². The van der Waals surface area contributed by atoms with E-state index >= 15 is 0 Å². The molecule has 7 heteroatoms. The van der Waals surface area contributed by atoms with Crippen molar-refractivity contribution in [1.82, 2.24) is 4.98 Å². The van der Waals surface area contributed by atoms with E-state index in [4.69, 9.17) is 10.00 Å². The maximum Gasteiger partial charge on any atom is 0.573 e. The number of halogens is 3. The second-order valence-electron chi connectivity index (χ2n) is 4.30. The zero-order valence-corrected chi connectivity index (χ0v) is 11.5. The van der Waals surface area contributed by atoms with E-state index in [0.717, 1.165) is 0 Å². The van der Waals surface area contributed by atoms with E-state index < -0.39 is 6.36 Å². The molecule has 0 aliphatic rings. The minimum Gasteiger partial charge on any atom is -0.481 e. The number of rotatable bonds is 4. The molecule has 4 nitrogen and oxygen atoms in total. The van der Waals surface area contributed by atoms with Crippen molar-refractivity contribution in [2.45, 2.75) is 12.8 Å². The van der Waals surface area contributed by atoms with E-state index in [9.17, 15) is 13.2 Å². The van der Waals surface area contributed by atoms with Crippen LogP contribution < -0.4 is 9.47 Å². The van der Waals surface area contributed by atoms with Crippen molar-refractivity contribution in [1.29, 1.82) is 5.26 Å². The van der Waals surface area contributed by atoms with Crippen LogP contribution in [0.2, 0.25) is 0 Å². The summed E-state index contributed by atoms with van der Waals surface area (Å²) in [6.07, 6.45) is -3.20. The van der Waals surface area contributed by atoms with Crippen LogP contribution in [-0.4, -0.2) is 18.5 Å². The van der Waals surface area contributed by atoms with Gasteiger partial charge in [0.05, 0.1) is 19.6 Å². The summed E-state index contributed by atoms with van der Waals surface area (Å²) < 4.78 is 45.7. The molecule has 1 aromatic carbocycles. The molecule has 2 rings (SSSR count). The molecule has 1 aromatic heterocycles. The smallest absolute Gasteiger partial charge is 0.481 e. The van der Waals surface area contributed by atoms with Crippen molar-refractivity contribution in [3.63, 3.8) is 0 Å². The average molecular weight is 308 g/mol. The van der Waals surface area contributed by atoms with E-state index in [0.29, 0.717) is 22.6 Å². The Morgan fingerprint density at radius 2 is 2.00 bits per heavy atom. The summed E-state index contributed by atoms with van der Waals surface area (Å²) >= 11 is 0. The van der Waals surface area contributed by atoms with Gasteiger partial charge in [0, 0.05) is 17.3 Å². The lowest BCUT2D eigenvalue weighted by atomic mass is 10.0. The first-order chi connectivity index (χ1) is 10.4. The number of hydrogen-bond donors (Lipinski definition) is 0. The Bertz CT molecular complexity index is 709. The summed E-state index contributed by atoms with van der Waals surface area (Å²) in [7, 11) is 1.43. The molecule has 0 radical (unpaired) electrons. The highest BCUT2D eigenvalue weighted by Crippen LogP contribution is 2.29. The molecule has 0 saturated heterocycles. The molecule has 0 saturated carbocycles. The second kappa shape index (κ2) is 6.35. The molecule has 0 bridgehead atoms. The predicted octanol–water partition coefficient (Wildman–Crippen LogP) is 3.72. The number of benzene rings is 1. The van der Waals surface area contributed by atoms with E-state index in [1.54, 1.807) is 12.1 Å². The molecule has 1 heterocycles. The summed E-state index contributed by atoms with van der Waals surface area (Å²) in [4.78, 5) is 4.06. The molecule has 0 fully saturated rings. The van der Waals surface area contributed by atoms with Crippen LogP contribution in [0, 0.1) is 11.3 Å². The predicted molar refractivity (Wildman–Crippen MR) is 72.2 cm³/mol. The average Bonchev–Trinajstić information content (AvgIpc) is 2.46. The highest BCUT2D eigenvalue weighted by atomic mass is 19.4. The van der Waals surface area contributed by atoms with Gasteiger partial charge in [0.1, 0.15) is 5.75 Å². The maximum atomic E-state index is 12.3. The Morgan fingerprint density at radius 1 is 1.23 bits per heavy atom. The SMILES string of the molecule is COc1ncc(-c2cccc(OC(F)(F)F)c2)cc1CC#N. The van der Waals surface area contributed by atoms with E-state index in [2.05, 4.69) is 9.72 Å². The monoisotopic (exact) mass is 308 g/mol. The number of methoxy groups -OCH3 is 1. The Kier molecular flexibility index (Phi) is 4.51. The van der Waals surface area contributed by atoms with Gasteiger partial charge in [-0.2, -0.15) is 5.26 Å². The van der Waals surface area contributed by atoms with E-state index in [1.165, 1.54) is 31.5 Å². The van der Waals surface area contributed by atoms with Crippen molar-refractivity contribution in [3.05, 3.63) is 42.1 Å². The highest BCUT2D eigenvalue weighted by Gasteiger charge is 2.31. The van der Waals surface area contributed by atoms with Crippen LogP contribution in [0.3, 0.4) is 0 Å². The normalized spacial score (nSPS) is 10.9. The first kappa shape index (κ1) is 15.6. The number of nitriles is 1. The van der Waals surface area contributed by atoms with Gasteiger partial charge < -0.3 is 9.47 Å². The summed E-state index contributed by atoms with van der Waals surface area (Å²) in [5.74, 6) is -0.00403. The quantitative estimate of drug-likeness (QED) is 0.863. The molecule has 0 aliphatic carbocycles. The van der Waals surface area contributed by atoms with Gasteiger partial charge in [-0.05, 0) is 23.8 Å². The molecule has 0 amide bonds. The molecular formula is C15H11F3N2O2. The van der Waals surface area contributed by atoms with Gasteiger partial charge in [0.15, 0.2) is 0 Å². The lowest BCUT2D eigenvalue weighted by Gasteiger charge is -2.11. The topological polar surface area (TPSA) is 55.1 Å². The molecule has 0 atom stereocenters. The fourth-order valence-electron chi connectivity index (χ4n) is 1.92. The fourth-order valence-corrected chi connectivity index (χ4v) is 1.92. The second-order valence-corrected chi connectivity index (χ2v) is 4.30. The summed E-state index contributed by atoms with van der Waals surface area (Å²) in [6, 6.07) is 9.19. The van der Waals surface area contributed by atoms with E-state index in [1.807, 2.05) is 6.07 Å². The molecule has 0 aliphatic heterocycles. The third-order valence-electron chi connectivity index (χ3n) is 2.79. The molecule has 22 heavy (non-hydrogen) atoms. The van der Waals surface area contributed by atoms with Gasteiger partial charge in [0.2, 0.25) is 5.88 Å². The number of nitrogens with zero attached hydrogens (tertiary/aromatic N) is 2. The fraction of sp³-hybridized carbons (Fsp3) is 0.200. The van der Waals surface area contributed by atoms with Crippen molar-refractivity contribution >= 4 is 0 Å². The number of pyridine rings is 1. The standard InChI is InChI=1S/C15H11F3N2O2/c1-21-14-11(5-6-19)7-12(9-20-14)10-3-2-4-13(8-10)22-15(16,17)18/h2-4,7-9H,5H2,1H3. The van der Waals surface area contributed by atoms with Crippen LogP contribution in [0.15, 0.2) is 36.5 Å². The van der Waals surface area contributed by atoms with Gasteiger partial charge >= 0.3 is 6.36 Å². The third-order valence-corrected chi connectivity index (χ3v) is 2.79. The molecule has 0 N–H and O–H groups in total. The molecular weight excluding hydrogens is 297 g/mol.